The first-order valence-electron chi connectivity index (χ1n) is 4.58. The fraction of sp³-hybridized carbons (Fsp3) is 0.889. The van der Waals surface area contributed by atoms with Crippen molar-refractivity contribution in [3.05, 3.63) is 0 Å². The first kappa shape index (κ1) is 9.52. The molecular weight excluding hydrogens is 156 g/mol. The van der Waals surface area contributed by atoms with Gasteiger partial charge in [0, 0.05) is 6.61 Å². The second kappa shape index (κ2) is 4.45. The fourth-order valence-corrected chi connectivity index (χ4v) is 1.47. The van der Waals surface area contributed by atoms with E-state index in [1.165, 1.54) is 19.3 Å². The number of hydrogen-bond acceptors (Lipinski definition) is 2. The van der Waals surface area contributed by atoms with Gasteiger partial charge in [-0.25, -0.2) is 4.79 Å². The number of carboxylic acids is 1. The van der Waals surface area contributed by atoms with E-state index in [4.69, 9.17) is 9.84 Å². The molecule has 0 aliphatic heterocycles. The van der Waals surface area contributed by atoms with Crippen LogP contribution in [0.2, 0.25) is 0 Å². The third-order valence-electron chi connectivity index (χ3n) is 2.42. The molecule has 1 aliphatic carbocycles. The van der Waals surface area contributed by atoms with Crippen LogP contribution in [0.5, 0.6) is 0 Å². The molecule has 1 aliphatic rings. The molecule has 0 spiro atoms. The lowest BCUT2D eigenvalue weighted by Gasteiger charge is -2.27. The van der Waals surface area contributed by atoms with Gasteiger partial charge in [-0.05, 0) is 19.3 Å². The van der Waals surface area contributed by atoms with Gasteiger partial charge in [0.15, 0.2) is 6.10 Å². The van der Waals surface area contributed by atoms with E-state index in [2.05, 4.69) is 0 Å². The molecular formula is C9H16O3. The highest BCUT2D eigenvalue weighted by atomic mass is 16.5. The minimum atomic E-state index is -0.816. The molecule has 3 nitrogen and oxygen atoms in total. The lowest BCUT2D eigenvalue weighted by molar-refractivity contribution is -0.151. The average molecular weight is 172 g/mol. The van der Waals surface area contributed by atoms with E-state index < -0.39 is 12.1 Å². The lowest BCUT2D eigenvalue weighted by Crippen LogP contribution is -2.29. The van der Waals surface area contributed by atoms with Gasteiger partial charge in [0.1, 0.15) is 0 Å². The maximum absolute atomic E-state index is 10.6. The molecule has 0 aromatic carbocycles. The predicted molar refractivity (Wildman–Crippen MR) is 45.0 cm³/mol. The molecule has 1 saturated carbocycles. The minimum Gasteiger partial charge on any atom is -0.479 e. The third-order valence-corrected chi connectivity index (χ3v) is 2.42. The molecule has 3 heteroatoms. The molecule has 12 heavy (non-hydrogen) atoms. The number of hydrogen-bond donors (Lipinski definition) is 1. The molecule has 0 saturated heterocycles. The summed E-state index contributed by atoms with van der Waals surface area (Å²) in [4.78, 5) is 10.6. The van der Waals surface area contributed by atoms with Crippen molar-refractivity contribution in [3.63, 3.8) is 0 Å². The Hall–Kier alpha value is -0.570. The van der Waals surface area contributed by atoms with Crippen molar-refractivity contribution in [1.29, 1.82) is 0 Å². The van der Waals surface area contributed by atoms with Gasteiger partial charge < -0.3 is 9.84 Å². The second-order valence-electron chi connectivity index (χ2n) is 3.31. The lowest BCUT2D eigenvalue weighted by atomic mass is 9.81. The van der Waals surface area contributed by atoms with Crippen LogP contribution in [0, 0.1) is 5.92 Å². The fourth-order valence-electron chi connectivity index (χ4n) is 1.47. The molecule has 1 N–H and O–H groups in total. The molecule has 0 aromatic rings. The Labute approximate surface area is 72.7 Å². The molecule has 0 amide bonds. The molecule has 0 bridgehead atoms. The summed E-state index contributed by atoms with van der Waals surface area (Å²) < 4.78 is 5.11. The molecule has 1 atom stereocenters. The average Bonchev–Trinajstić information content (AvgIpc) is 1.93. The van der Waals surface area contributed by atoms with Gasteiger partial charge in [0.05, 0.1) is 0 Å². The van der Waals surface area contributed by atoms with E-state index >= 15 is 0 Å². The summed E-state index contributed by atoms with van der Waals surface area (Å²) in [7, 11) is 0. The molecule has 1 rings (SSSR count). The van der Waals surface area contributed by atoms with Crippen molar-refractivity contribution in [2.24, 2.45) is 5.92 Å². The van der Waals surface area contributed by atoms with E-state index in [0.717, 1.165) is 0 Å². The zero-order chi connectivity index (χ0) is 8.97. The second-order valence-corrected chi connectivity index (χ2v) is 3.31. The zero-order valence-corrected chi connectivity index (χ0v) is 7.45. The normalized spacial score (nSPS) is 20.1. The summed E-state index contributed by atoms with van der Waals surface area (Å²) >= 11 is 0. The first-order valence-corrected chi connectivity index (χ1v) is 4.58. The van der Waals surface area contributed by atoms with Crippen molar-refractivity contribution in [2.75, 3.05) is 6.61 Å². The monoisotopic (exact) mass is 172 g/mol. The van der Waals surface area contributed by atoms with Crippen molar-refractivity contribution in [2.45, 2.75) is 38.7 Å². The topological polar surface area (TPSA) is 46.5 Å². The Morgan fingerprint density at radius 3 is 2.67 bits per heavy atom. The molecule has 70 valence electrons. The summed E-state index contributed by atoms with van der Waals surface area (Å²) in [6.45, 7) is 2.32. The standard InChI is InChI=1S/C9H16O3/c1-2-12-8(9(10)11)6-7-4-3-5-7/h7-8H,2-6H2,1H3,(H,10,11). The van der Waals surface area contributed by atoms with Crippen LogP contribution in [-0.2, 0) is 9.53 Å². The van der Waals surface area contributed by atoms with E-state index in [1.54, 1.807) is 0 Å². The van der Waals surface area contributed by atoms with Crippen LogP contribution in [0.1, 0.15) is 32.6 Å². The largest absolute Gasteiger partial charge is 0.479 e. The van der Waals surface area contributed by atoms with Crippen LogP contribution in [0.25, 0.3) is 0 Å². The van der Waals surface area contributed by atoms with E-state index in [1.807, 2.05) is 6.92 Å². The van der Waals surface area contributed by atoms with Gasteiger partial charge in [-0.1, -0.05) is 19.3 Å². The number of aliphatic carboxylic acids is 1. The zero-order valence-electron chi connectivity index (χ0n) is 7.45. The summed E-state index contributed by atoms with van der Waals surface area (Å²) in [5, 5.41) is 8.75. The van der Waals surface area contributed by atoms with Crippen molar-refractivity contribution in [1.82, 2.24) is 0 Å². The Kier molecular flexibility index (Phi) is 3.53. The number of carbonyl (C=O) groups is 1. The Morgan fingerprint density at radius 2 is 2.33 bits per heavy atom. The quantitative estimate of drug-likeness (QED) is 0.686. The molecule has 0 radical (unpaired) electrons. The van der Waals surface area contributed by atoms with Crippen LogP contribution in [0.3, 0.4) is 0 Å². The Morgan fingerprint density at radius 1 is 1.67 bits per heavy atom. The van der Waals surface area contributed by atoms with Gasteiger partial charge >= 0.3 is 5.97 Å². The minimum absolute atomic E-state index is 0.490. The number of rotatable bonds is 5. The number of carboxylic acid groups (broad SMARTS) is 1. The van der Waals surface area contributed by atoms with Crippen LogP contribution in [0.15, 0.2) is 0 Å². The predicted octanol–water partition coefficient (Wildman–Crippen LogP) is 1.67. The molecule has 1 fully saturated rings. The SMILES string of the molecule is CCOC(CC1CCC1)C(=O)O. The number of ether oxygens (including phenoxy) is 1. The Balaban J connectivity index is 2.26. The molecule has 0 aromatic heterocycles. The van der Waals surface area contributed by atoms with Crippen LogP contribution >= 0.6 is 0 Å². The van der Waals surface area contributed by atoms with E-state index in [0.29, 0.717) is 18.9 Å². The van der Waals surface area contributed by atoms with Crippen molar-refractivity contribution in [3.8, 4) is 0 Å². The first-order chi connectivity index (χ1) is 5.74. The summed E-state index contributed by atoms with van der Waals surface area (Å²) in [6.07, 6.45) is 3.74. The summed E-state index contributed by atoms with van der Waals surface area (Å²) in [5.74, 6) is -0.221. The maximum atomic E-state index is 10.6. The Bertz CT molecular complexity index is 152. The van der Waals surface area contributed by atoms with Crippen LogP contribution < -0.4 is 0 Å². The van der Waals surface area contributed by atoms with Gasteiger partial charge in [-0.15, -0.1) is 0 Å². The van der Waals surface area contributed by atoms with E-state index in [-0.39, 0.29) is 0 Å². The third kappa shape index (κ3) is 2.48. The molecule has 0 heterocycles. The smallest absolute Gasteiger partial charge is 0.332 e. The van der Waals surface area contributed by atoms with Crippen molar-refractivity contribution >= 4 is 5.97 Å². The van der Waals surface area contributed by atoms with Crippen LogP contribution in [0.4, 0.5) is 0 Å². The van der Waals surface area contributed by atoms with Gasteiger partial charge in [0.25, 0.3) is 0 Å². The van der Waals surface area contributed by atoms with Crippen molar-refractivity contribution < 1.29 is 14.6 Å². The van der Waals surface area contributed by atoms with Gasteiger partial charge in [0.2, 0.25) is 0 Å². The molecule has 1 unspecified atom stereocenters. The maximum Gasteiger partial charge on any atom is 0.332 e. The summed E-state index contributed by atoms with van der Waals surface area (Å²) in [5.41, 5.74) is 0. The van der Waals surface area contributed by atoms with E-state index in [9.17, 15) is 4.79 Å². The highest BCUT2D eigenvalue weighted by Gasteiger charge is 2.26. The summed E-state index contributed by atoms with van der Waals surface area (Å²) in [6, 6.07) is 0. The van der Waals surface area contributed by atoms with Gasteiger partial charge in [-0.2, -0.15) is 0 Å². The highest BCUT2D eigenvalue weighted by Crippen LogP contribution is 2.31. The van der Waals surface area contributed by atoms with Gasteiger partial charge in [-0.3, -0.25) is 0 Å². The van der Waals surface area contributed by atoms with Crippen LogP contribution in [-0.4, -0.2) is 23.8 Å². The highest BCUT2D eigenvalue weighted by molar-refractivity contribution is 5.72.